The minimum atomic E-state index is -0.669. The molecule has 4 aromatic rings. The third-order valence-corrected chi connectivity index (χ3v) is 5.85. The van der Waals surface area contributed by atoms with Gasteiger partial charge in [0.15, 0.2) is 5.69 Å². The zero-order valence-corrected chi connectivity index (χ0v) is 19.0. The van der Waals surface area contributed by atoms with Crippen molar-refractivity contribution in [2.24, 2.45) is 0 Å². The molecule has 3 aromatic heterocycles. The lowest BCUT2D eigenvalue weighted by atomic mass is 10.2. The molecule has 0 saturated heterocycles. The summed E-state index contributed by atoms with van der Waals surface area (Å²) in [6.07, 6.45) is 0. The molecule has 4 rings (SSSR count). The lowest BCUT2D eigenvalue weighted by molar-refractivity contribution is 0.0520. The molecule has 0 aliphatic heterocycles. The highest BCUT2D eigenvalue weighted by atomic mass is 35.5. The molecule has 0 saturated carbocycles. The number of thiophene rings is 1. The van der Waals surface area contributed by atoms with E-state index >= 15 is 0 Å². The van der Waals surface area contributed by atoms with Gasteiger partial charge >= 0.3 is 5.97 Å². The Morgan fingerprint density at radius 3 is 2.59 bits per heavy atom. The van der Waals surface area contributed by atoms with Crippen LogP contribution in [0.2, 0.25) is 5.02 Å². The van der Waals surface area contributed by atoms with Crippen molar-refractivity contribution in [2.45, 2.75) is 20.8 Å². The Bertz CT molecular complexity index is 1400. The second kappa shape index (κ2) is 8.60. The molecule has 0 aliphatic carbocycles. The summed E-state index contributed by atoms with van der Waals surface area (Å²) in [6.45, 7) is 5.25. The minimum absolute atomic E-state index is 0.0246. The van der Waals surface area contributed by atoms with E-state index in [1.165, 1.54) is 0 Å². The molecule has 0 radical (unpaired) electrons. The lowest BCUT2D eigenvalue weighted by Gasteiger charge is -2.10. The van der Waals surface area contributed by atoms with Gasteiger partial charge in [-0.25, -0.2) is 4.79 Å². The number of carbonyl (C=O) groups excluding carboxylic acids is 2. The Hall–Kier alpha value is -3.43. The van der Waals surface area contributed by atoms with Crippen molar-refractivity contribution in [3.05, 3.63) is 73.9 Å². The number of ether oxygens (including phenoxy) is 1. The minimum Gasteiger partial charge on any atom is -0.466 e. The number of fused-ring (bicyclic) bond motifs is 1. The average molecular weight is 472 g/mol. The van der Waals surface area contributed by atoms with Crippen LogP contribution in [0.4, 0.5) is 5.00 Å². The zero-order chi connectivity index (χ0) is 23.0. The third kappa shape index (κ3) is 3.92. The largest absolute Gasteiger partial charge is 0.466 e. The molecule has 32 heavy (non-hydrogen) atoms. The molecule has 0 fully saturated rings. The SMILES string of the molecule is CCOC(=O)c1nn(-c2ccc(Cl)cc2)c(=O)c2c(NC(=O)c3cc(C)oc3C)scc12. The lowest BCUT2D eigenvalue weighted by Crippen LogP contribution is -2.25. The number of aryl methyl sites for hydroxylation is 2. The summed E-state index contributed by atoms with van der Waals surface area (Å²) < 4.78 is 11.7. The maximum absolute atomic E-state index is 13.4. The molecule has 0 unspecified atom stereocenters. The van der Waals surface area contributed by atoms with Crippen molar-refractivity contribution in [2.75, 3.05) is 11.9 Å². The average Bonchev–Trinajstić information content (AvgIpc) is 3.32. The normalized spacial score (nSPS) is 11.0. The van der Waals surface area contributed by atoms with Crippen LogP contribution in [0.1, 0.15) is 39.3 Å². The number of furan rings is 1. The van der Waals surface area contributed by atoms with Crippen LogP contribution in [-0.2, 0) is 4.74 Å². The number of hydrogen-bond donors (Lipinski definition) is 1. The summed E-state index contributed by atoms with van der Waals surface area (Å²) in [5, 5.41) is 9.87. The van der Waals surface area contributed by atoms with Gasteiger partial charge in [-0.2, -0.15) is 9.78 Å². The number of amides is 1. The first-order chi connectivity index (χ1) is 15.3. The summed E-state index contributed by atoms with van der Waals surface area (Å²) in [6, 6.07) is 8.07. The van der Waals surface area contributed by atoms with Gasteiger partial charge in [0.05, 0.1) is 23.2 Å². The second-order valence-corrected chi connectivity index (χ2v) is 8.21. The Labute approximate surface area is 191 Å². The summed E-state index contributed by atoms with van der Waals surface area (Å²) in [5.41, 5.74) is 0.258. The first-order valence-electron chi connectivity index (χ1n) is 9.66. The Morgan fingerprint density at radius 1 is 1.25 bits per heavy atom. The van der Waals surface area contributed by atoms with Gasteiger partial charge in [-0.3, -0.25) is 9.59 Å². The number of rotatable bonds is 5. The van der Waals surface area contributed by atoms with Crippen molar-refractivity contribution >= 4 is 50.6 Å². The topological polar surface area (TPSA) is 103 Å². The smallest absolute Gasteiger partial charge is 0.359 e. The van der Waals surface area contributed by atoms with Crippen LogP contribution in [0.25, 0.3) is 16.5 Å². The summed E-state index contributed by atoms with van der Waals surface area (Å²) in [5.74, 6) is -0.0249. The molecule has 0 spiro atoms. The van der Waals surface area contributed by atoms with E-state index in [4.69, 9.17) is 20.8 Å². The molecule has 1 N–H and O–H groups in total. The van der Waals surface area contributed by atoms with Crippen molar-refractivity contribution in [3.63, 3.8) is 0 Å². The molecule has 0 aliphatic rings. The van der Waals surface area contributed by atoms with Gasteiger partial charge in [-0.05, 0) is 51.1 Å². The highest BCUT2D eigenvalue weighted by molar-refractivity contribution is 7.16. The van der Waals surface area contributed by atoms with Crippen LogP contribution in [0, 0.1) is 13.8 Å². The molecule has 1 aromatic carbocycles. The van der Waals surface area contributed by atoms with Crippen LogP contribution in [0.3, 0.4) is 0 Å². The van der Waals surface area contributed by atoms with Crippen LogP contribution in [0.15, 0.2) is 44.9 Å². The predicted octanol–water partition coefficient (Wildman–Crippen LogP) is 4.74. The van der Waals surface area contributed by atoms with Crippen molar-refractivity contribution in [1.82, 2.24) is 9.78 Å². The van der Waals surface area contributed by atoms with Gasteiger partial charge in [-0.15, -0.1) is 11.3 Å². The van der Waals surface area contributed by atoms with Gasteiger partial charge in [-0.1, -0.05) is 11.6 Å². The van der Waals surface area contributed by atoms with E-state index in [1.54, 1.807) is 56.5 Å². The Kier molecular flexibility index (Phi) is 5.86. The highest BCUT2D eigenvalue weighted by Gasteiger charge is 2.24. The molecular weight excluding hydrogens is 454 g/mol. The fourth-order valence-corrected chi connectivity index (χ4v) is 4.33. The molecule has 10 heteroatoms. The fourth-order valence-electron chi connectivity index (χ4n) is 3.28. The number of nitrogens with one attached hydrogen (secondary N) is 1. The number of anilines is 1. The molecule has 164 valence electrons. The molecular formula is C22H18ClN3O5S. The van der Waals surface area contributed by atoms with E-state index in [-0.39, 0.29) is 17.7 Å². The standard InChI is InChI=1S/C22H18ClN3O5S/c1-4-30-22(29)18-16-10-32-20(24-19(27)15-9-11(2)31-12(15)3)17(16)21(28)26(25-18)14-7-5-13(23)6-8-14/h5-10H,4H2,1-3H3,(H,24,27). The fraction of sp³-hybridized carbons (Fsp3) is 0.182. The van der Waals surface area contributed by atoms with Crippen molar-refractivity contribution in [3.8, 4) is 5.69 Å². The van der Waals surface area contributed by atoms with Gasteiger partial charge < -0.3 is 14.5 Å². The number of esters is 1. The Morgan fingerprint density at radius 2 is 1.97 bits per heavy atom. The van der Waals surface area contributed by atoms with Crippen LogP contribution >= 0.6 is 22.9 Å². The summed E-state index contributed by atoms with van der Waals surface area (Å²) in [4.78, 5) is 38.8. The van der Waals surface area contributed by atoms with E-state index in [0.29, 0.717) is 38.2 Å². The van der Waals surface area contributed by atoms with Gasteiger partial charge in [0.1, 0.15) is 16.5 Å². The molecule has 1 amide bonds. The van der Waals surface area contributed by atoms with E-state index in [0.717, 1.165) is 16.0 Å². The maximum atomic E-state index is 13.4. The van der Waals surface area contributed by atoms with Crippen molar-refractivity contribution < 1.29 is 18.7 Å². The first kappa shape index (κ1) is 21.8. The monoisotopic (exact) mass is 471 g/mol. The van der Waals surface area contributed by atoms with E-state index < -0.39 is 17.4 Å². The number of hydrogen-bond acceptors (Lipinski definition) is 7. The molecule has 3 heterocycles. The number of halogens is 1. The van der Waals surface area contributed by atoms with Gasteiger partial charge in [0.2, 0.25) is 0 Å². The quantitative estimate of drug-likeness (QED) is 0.422. The number of benzene rings is 1. The van der Waals surface area contributed by atoms with Crippen molar-refractivity contribution in [1.29, 1.82) is 0 Å². The van der Waals surface area contributed by atoms with E-state index in [9.17, 15) is 14.4 Å². The number of nitrogens with zero attached hydrogens (tertiary/aromatic N) is 2. The highest BCUT2D eigenvalue weighted by Crippen LogP contribution is 2.31. The third-order valence-electron chi connectivity index (χ3n) is 4.71. The first-order valence-corrected chi connectivity index (χ1v) is 10.9. The summed E-state index contributed by atoms with van der Waals surface area (Å²) in [7, 11) is 0. The van der Waals surface area contributed by atoms with E-state index in [2.05, 4.69) is 10.4 Å². The van der Waals surface area contributed by atoms with Crippen LogP contribution in [0.5, 0.6) is 0 Å². The molecule has 8 nitrogen and oxygen atoms in total. The second-order valence-electron chi connectivity index (χ2n) is 6.90. The number of carbonyl (C=O) groups is 2. The van der Waals surface area contributed by atoms with Gasteiger partial charge in [0, 0.05) is 15.8 Å². The van der Waals surface area contributed by atoms with Crippen LogP contribution < -0.4 is 10.9 Å². The summed E-state index contributed by atoms with van der Waals surface area (Å²) >= 11 is 7.08. The Balaban J connectivity index is 1.89. The number of aromatic nitrogens is 2. The van der Waals surface area contributed by atoms with Crippen LogP contribution in [-0.4, -0.2) is 28.3 Å². The molecule has 0 bridgehead atoms. The molecule has 0 atom stereocenters. The maximum Gasteiger partial charge on any atom is 0.359 e. The van der Waals surface area contributed by atoms with Gasteiger partial charge in [0.25, 0.3) is 11.5 Å². The van der Waals surface area contributed by atoms with E-state index in [1.807, 2.05) is 0 Å². The predicted molar refractivity (Wildman–Crippen MR) is 122 cm³/mol. The zero-order valence-electron chi connectivity index (χ0n) is 17.4.